The van der Waals surface area contributed by atoms with E-state index in [2.05, 4.69) is 40.7 Å². The number of carbonyl (C=O) groups excluding carboxylic acids is 2. The molecule has 1 aromatic heterocycles. The fourth-order valence-electron chi connectivity index (χ4n) is 4.98. The van der Waals surface area contributed by atoms with E-state index in [9.17, 15) is 14.9 Å². The number of aryl methyl sites for hydroxylation is 1. The van der Waals surface area contributed by atoms with Crippen LogP contribution in [0.2, 0.25) is 0 Å². The van der Waals surface area contributed by atoms with Gasteiger partial charge in [0.05, 0.1) is 23.5 Å². The first kappa shape index (κ1) is 28.0. The summed E-state index contributed by atoms with van der Waals surface area (Å²) in [5, 5.41) is 14.5. The molecule has 1 aliphatic heterocycles. The standard InChI is InChI=1S/C32H37N5O2/c1-20-8-7-9-21(2)37(20)36-31(39)25-12-10-24(11-13-25)29-17-28(19-34-22(29)3)35-30(38)26-14-23(18-33)15-27(16-26)32(4,5)6/h10-17,19-21H,7-9H2,1-6H3,(H,35,38)(H,36,39). The van der Waals surface area contributed by atoms with Crippen molar-refractivity contribution in [3.63, 3.8) is 0 Å². The molecule has 2 amide bonds. The summed E-state index contributed by atoms with van der Waals surface area (Å²) >= 11 is 0. The molecule has 3 aromatic rings. The van der Waals surface area contributed by atoms with Gasteiger partial charge in [0.2, 0.25) is 0 Å². The number of hydrogen-bond acceptors (Lipinski definition) is 5. The Labute approximate surface area is 231 Å². The number of rotatable bonds is 5. The van der Waals surface area contributed by atoms with Gasteiger partial charge in [0, 0.05) is 34.5 Å². The van der Waals surface area contributed by atoms with Gasteiger partial charge < -0.3 is 5.32 Å². The highest BCUT2D eigenvalue weighted by Gasteiger charge is 2.26. The SMILES string of the molecule is Cc1ncc(NC(=O)c2cc(C#N)cc(C(C)(C)C)c2)cc1-c1ccc(C(=O)NN2C(C)CCCC2C)cc1. The summed E-state index contributed by atoms with van der Waals surface area (Å²) in [6.07, 6.45) is 4.95. The van der Waals surface area contributed by atoms with Gasteiger partial charge in [-0.05, 0) is 86.6 Å². The number of anilines is 1. The van der Waals surface area contributed by atoms with Gasteiger partial charge in [-0.15, -0.1) is 0 Å². The van der Waals surface area contributed by atoms with Gasteiger partial charge in [0.15, 0.2) is 0 Å². The molecule has 202 valence electrons. The van der Waals surface area contributed by atoms with Crippen LogP contribution in [0.3, 0.4) is 0 Å². The number of aromatic nitrogens is 1. The van der Waals surface area contributed by atoms with Crippen molar-refractivity contribution < 1.29 is 9.59 Å². The summed E-state index contributed by atoms with van der Waals surface area (Å²) in [4.78, 5) is 30.5. The molecule has 4 rings (SSSR count). The summed E-state index contributed by atoms with van der Waals surface area (Å²) in [7, 11) is 0. The summed E-state index contributed by atoms with van der Waals surface area (Å²) in [6.45, 7) is 12.3. The van der Waals surface area contributed by atoms with E-state index in [1.165, 1.54) is 6.42 Å². The first-order valence-corrected chi connectivity index (χ1v) is 13.5. The summed E-state index contributed by atoms with van der Waals surface area (Å²) in [6, 6.07) is 17.3. The molecular weight excluding hydrogens is 486 g/mol. The van der Waals surface area contributed by atoms with Crippen molar-refractivity contribution in [3.8, 4) is 17.2 Å². The Morgan fingerprint density at radius 2 is 1.64 bits per heavy atom. The number of pyridine rings is 1. The minimum atomic E-state index is -0.303. The van der Waals surface area contributed by atoms with E-state index in [4.69, 9.17) is 0 Å². The van der Waals surface area contributed by atoms with Crippen LogP contribution in [0.15, 0.2) is 54.7 Å². The Kier molecular flexibility index (Phi) is 8.17. The van der Waals surface area contributed by atoms with Crippen LogP contribution in [0, 0.1) is 18.3 Å². The van der Waals surface area contributed by atoms with Crippen molar-refractivity contribution in [3.05, 3.63) is 82.7 Å². The van der Waals surface area contributed by atoms with E-state index in [1.807, 2.05) is 70.2 Å². The second kappa shape index (κ2) is 11.4. The number of piperidine rings is 1. The van der Waals surface area contributed by atoms with Gasteiger partial charge in [-0.1, -0.05) is 39.3 Å². The third kappa shape index (κ3) is 6.52. The quantitative estimate of drug-likeness (QED) is 0.404. The summed E-state index contributed by atoms with van der Waals surface area (Å²) < 4.78 is 0. The first-order chi connectivity index (χ1) is 18.5. The van der Waals surface area contributed by atoms with Gasteiger partial charge in [-0.3, -0.25) is 20.0 Å². The van der Waals surface area contributed by atoms with E-state index in [0.29, 0.717) is 34.5 Å². The molecule has 2 unspecified atom stereocenters. The number of nitrogens with zero attached hydrogens (tertiary/aromatic N) is 3. The third-order valence-electron chi connectivity index (χ3n) is 7.42. The number of hydrogen-bond donors (Lipinski definition) is 2. The highest BCUT2D eigenvalue weighted by Crippen LogP contribution is 2.28. The van der Waals surface area contributed by atoms with Crippen molar-refractivity contribution in [2.24, 2.45) is 0 Å². The van der Waals surface area contributed by atoms with E-state index < -0.39 is 0 Å². The fourth-order valence-corrected chi connectivity index (χ4v) is 4.98. The van der Waals surface area contributed by atoms with Crippen LogP contribution in [-0.2, 0) is 5.41 Å². The number of benzene rings is 2. The number of hydrazine groups is 1. The smallest absolute Gasteiger partial charge is 0.265 e. The summed E-state index contributed by atoms with van der Waals surface area (Å²) in [5.41, 5.74) is 8.38. The maximum absolute atomic E-state index is 13.1. The third-order valence-corrected chi connectivity index (χ3v) is 7.42. The van der Waals surface area contributed by atoms with Crippen LogP contribution in [0.25, 0.3) is 11.1 Å². The maximum atomic E-state index is 13.1. The van der Waals surface area contributed by atoms with Crippen molar-refractivity contribution in [2.75, 3.05) is 5.32 Å². The van der Waals surface area contributed by atoms with Crippen LogP contribution < -0.4 is 10.7 Å². The molecule has 1 saturated heterocycles. The lowest BCUT2D eigenvalue weighted by Crippen LogP contribution is -2.54. The van der Waals surface area contributed by atoms with Gasteiger partial charge in [-0.2, -0.15) is 5.26 Å². The zero-order valence-electron chi connectivity index (χ0n) is 23.6. The van der Waals surface area contributed by atoms with Crippen LogP contribution in [-0.4, -0.2) is 33.9 Å². The van der Waals surface area contributed by atoms with Gasteiger partial charge in [0.1, 0.15) is 0 Å². The molecule has 0 bridgehead atoms. The molecule has 1 aliphatic rings. The number of nitrogens with one attached hydrogen (secondary N) is 2. The maximum Gasteiger partial charge on any atom is 0.265 e. The van der Waals surface area contributed by atoms with Crippen LogP contribution in [0.1, 0.15) is 91.4 Å². The molecule has 2 aromatic carbocycles. The van der Waals surface area contributed by atoms with Crippen molar-refractivity contribution in [2.45, 2.75) is 78.3 Å². The van der Waals surface area contributed by atoms with Gasteiger partial charge in [-0.25, -0.2) is 5.01 Å². The molecule has 1 fully saturated rings. The van der Waals surface area contributed by atoms with Crippen LogP contribution in [0.4, 0.5) is 5.69 Å². The average Bonchev–Trinajstić information content (AvgIpc) is 2.91. The Morgan fingerprint density at radius 1 is 0.974 bits per heavy atom. The Morgan fingerprint density at radius 3 is 2.26 bits per heavy atom. The number of nitriles is 1. The highest BCUT2D eigenvalue weighted by molar-refractivity contribution is 6.05. The zero-order valence-corrected chi connectivity index (χ0v) is 23.6. The van der Waals surface area contributed by atoms with Gasteiger partial charge >= 0.3 is 0 Å². The van der Waals surface area contributed by atoms with Crippen LogP contribution in [0.5, 0.6) is 0 Å². The van der Waals surface area contributed by atoms with E-state index >= 15 is 0 Å². The second-order valence-corrected chi connectivity index (χ2v) is 11.5. The minimum absolute atomic E-state index is 0.118. The molecular formula is C32H37N5O2. The molecule has 2 atom stereocenters. The average molecular weight is 524 g/mol. The molecule has 7 nitrogen and oxygen atoms in total. The monoisotopic (exact) mass is 523 g/mol. The summed E-state index contributed by atoms with van der Waals surface area (Å²) in [5.74, 6) is -0.422. The predicted molar refractivity (Wildman–Crippen MR) is 154 cm³/mol. The predicted octanol–water partition coefficient (Wildman–Crippen LogP) is 6.39. The molecule has 0 aliphatic carbocycles. The highest BCUT2D eigenvalue weighted by atomic mass is 16.2. The topological polar surface area (TPSA) is 98.1 Å². The lowest BCUT2D eigenvalue weighted by atomic mass is 9.85. The van der Waals surface area contributed by atoms with Crippen molar-refractivity contribution in [1.82, 2.24) is 15.4 Å². The van der Waals surface area contributed by atoms with Crippen LogP contribution >= 0.6 is 0 Å². The Balaban J connectivity index is 1.52. The lowest BCUT2D eigenvalue weighted by Gasteiger charge is -2.38. The second-order valence-electron chi connectivity index (χ2n) is 11.5. The molecule has 2 heterocycles. The zero-order chi connectivity index (χ0) is 28.3. The lowest BCUT2D eigenvalue weighted by molar-refractivity contribution is 0.0370. The van der Waals surface area contributed by atoms with Crippen molar-refractivity contribution in [1.29, 1.82) is 5.26 Å². The largest absolute Gasteiger partial charge is 0.321 e. The molecule has 7 heteroatoms. The molecule has 2 N–H and O–H groups in total. The minimum Gasteiger partial charge on any atom is -0.321 e. The van der Waals surface area contributed by atoms with Gasteiger partial charge in [0.25, 0.3) is 11.8 Å². The number of carbonyl (C=O) groups is 2. The Bertz CT molecular complexity index is 1410. The molecule has 39 heavy (non-hydrogen) atoms. The van der Waals surface area contributed by atoms with E-state index in [-0.39, 0.29) is 17.2 Å². The van der Waals surface area contributed by atoms with E-state index in [1.54, 1.807) is 12.3 Å². The number of amides is 2. The fraction of sp³-hybridized carbons (Fsp3) is 0.375. The Hall–Kier alpha value is -4.02. The molecule has 0 saturated carbocycles. The first-order valence-electron chi connectivity index (χ1n) is 13.5. The van der Waals surface area contributed by atoms with Crippen molar-refractivity contribution >= 4 is 17.5 Å². The van der Waals surface area contributed by atoms with E-state index in [0.717, 1.165) is 35.2 Å². The molecule has 0 spiro atoms. The normalized spacial score (nSPS) is 17.8. The molecule has 0 radical (unpaired) electrons.